The number of nitrogens with zero attached hydrogens (tertiary/aromatic N) is 1. The Morgan fingerprint density at radius 2 is 1.08 bits per heavy atom. The summed E-state index contributed by atoms with van der Waals surface area (Å²) in [4.78, 5) is 22.8. The summed E-state index contributed by atoms with van der Waals surface area (Å²) in [6.07, 6.45) is 39.1. The Morgan fingerprint density at radius 1 is 0.608 bits per heavy atom. The van der Waals surface area contributed by atoms with Crippen LogP contribution < -0.4 is 0 Å². The third-order valence-corrected chi connectivity index (χ3v) is 10.00. The zero-order chi connectivity index (χ0) is 37.7. The fourth-order valence-electron chi connectivity index (χ4n) is 5.70. The number of phosphoric ester groups is 1. The zero-order valence-corrected chi connectivity index (χ0v) is 35.0. The lowest BCUT2D eigenvalue weighted by molar-refractivity contribution is -0.870. The molecule has 0 saturated heterocycles. The Bertz CT molecular complexity index is 874. The minimum absolute atomic E-state index is 0.0875. The lowest BCUT2D eigenvalue weighted by Crippen LogP contribution is -2.37. The number of unbranched alkanes of at least 4 members (excludes halogenated alkanes) is 21. The number of ether oxygens (including phenoxy) is 2. The van der Waals surface area contributed by atoms with Crippen LogP contribution in [0.3, 0.4) is 0 Å². The quantitative estimate of drug-likeness (QED) is 0.0220. The summed E-state index contributed by atoms with van der Waals surface area (Å²) in [6, 6.07) is 0. The predicted molar refractivity (Wildman–Crippen MR) is 215 cm³/mol. The standard InChI is InChI=1S/C42H82NO7P/c1-6-8-10-12-14-16-18-20-22-23-25-27-29-31-33-35-42(44)50-41(40-49-51(45,46)48-38-36-43(3,4)5)39-47-37-34-32-30-28-26-24-21-19-17-15-13-11-9-7-2/h14,16,20,22,41H,6-13,15,17-19,21,23-40H2,1-5H3/p+1/t41-/m1/s1. The molecular formula is C42H83NO7P+. The van der Waals surface area contributed by atoms with Crippen LogP contribution in [0.4, 0.5) is 0 Å². The van der Waals surface area contributed by atoms with Crippen molar-refractivity contribution in [3.8, 4) is 0 Å². The Labute approximate surface area is 315 Å². The first-order valence-corrected chi connectivity index (χ1v) is 22.6. The monoisotopic (exact) mass is 745 g/mol. The van der Waals surface area contributed by atoms with Gasteiger partial charge in [0.15, 0.2) is 0 Å². The van der Waals surface area contributed by atoms with Crippen molar-refractivity contribution in [2.75, 3.05) is 54.1 Å². The summed E-state index contributed by atoms with van der Waals surface area (Å²) in [5, 5.41) is 0. The molecule has 0 heterocycles. The van der Waals surface area contributed by atoms with Crippen molar-refractivity contribution in [2.24, 2.45) is 0 Å². The molecule has 0 aromatic rings. The first-order chi connectivity index (χ1) is 24.6. The number of rotatable bonds is 39. The van der Waals surface area contributed by atoms with E-state index in [0.717, 1.165) is 57.8 Å². The molecule has 0 aliphatic heterocycles. The fourth-order valence-corrected chi connectivity index (χ4v) is 6.44. The van der Waals surface area contributed by atoms with E-state index in [1.807, 2.05) is 21.1 Å². The molecule has 0 aromatic heterocycles. The van der Waals surface area contributed by atoms with Crippen molar-refractivity contribution >= 4 is 13.8 Å². The number of hydrogen-bond donors (Lipinski definition) is 1. The number of allylic oxidation sites excluding steroid dienone is 4. The van der Waals surface area contributed by atoms with E-state index >= 15 is 0 Å². The van der Waals surface area contributed by atoms with Crippen molar-refractivity contribution in [1.82, 2.24) is 0 Å². The predicted octanol–water partition coefficient (Wildman–Crippen LogP) is 12.0. The number of carbonyl (C=O) groups is 1. The number of esters is 1. The molecule has 1 N–H and O–H groups in total. The molecule has 0 rings (SSSR count). The summed E-state index contributed by atoms with van der Waals surface area (Å²) >= 11 is 0. The molecule has 0 saturated carbocycles. The smallest absolute Gasteiger partial charge is 0.457 e. The molecule has 0 aliphatic rings. The van der Waals surface area contributed by atoms with E-state index < -0.39 is 13.9 Å². The first-order valence-electron chi connectivity index (χ1n) is 21.1. The van der Waals surface area contributed by atoms with Crippen molar-refractivity contribution < 1.29 is 37.3 Å². The van der Waals surface area contributed by atoms with E-state index in [1.54, 1.807) is 0 Å². The van der Waals surface area contributed by atoms with Gasteiger partial charge in [0.2, 0.25) is 0 Å². The van der Waals surface area contributed by atoms with Gasteiger partial charge in [0, 0.05) is 13.0 Å². The van der Waals surface area contributed by atoms with Crippen molar-refractivity contribution in [2.45, 2.75) is 187 Å². The lowest BCUT2D eigenvalue weighted by Gasteiger charge is -2.24. The highest BCUT2D eigenvalue weighted by molar-refractivity contribution is 7.47. The Morgan fingerprint density at radius 3 is 1.63 bits per heavy atom. The molecule has 302 valence electrons. The van der Waals surface area contributed by atoms with Gasteiger partial charge in [-0.25, -0.2) is 4.57 Å². The number of quaternary nitrogens is 1. The molecule has 0 aromatic carbocycles. The molecule has 0 spiro atoms. The molecule has 0 bridgehead atoms. The van der Waals surface area contributed by atoms with Gasteiger partial charge >= 0.3 is 13.8 Å². The van der Waals surface area contributed by atoms with E-state index in [-0.39, 0.29) is 25.8 Å². The highest BCUT2D eigenvalue weighted by Gasteiger charge is 2.26. The molecule has 8 nitrogen and oxygen atoms in total. The van der Waals surface area contributed by atoms with Crippen LogP contribution in [0.15, 0.2) is 24.3 Å². The largest absolute Gasteiger partial charge is 0.472 e. The highest BCUT2D eigenvalue weighted by atomic mass is 31.2. The average molecular weight is 745 g/mol. The Kier molecular flexibility index (Phi) is 35.3. The van der Waals surface area contributed by atoms with Gasteiger partial charge in [0.1, 0.15) is 19.3 Å². The minimum atomic E-state index is -4.27. The maximum atomic E-state index is 12.7. The molecule has 2 atom stereocenters. The molecular weight excluding hydrogens is 661 g/mol. The van der Waals surface area contributed by atoms with Crippen molar-refractivity contribution in [3.63, 3.8) is 0 Å². The minimum Gasteiger partial charge on any atom is -0.457 e. The van der Waals surface area contributed by atoms with Crippen LogP contribution in [0.5, 0.6) is 0 Å². The molecule has 1 unspecified atom stereocenters. The number of hydrogen-bond acceptors (Lipinski definition) is 6. The van der Waals surface area contributed by atoms with Crippen LogP contribution in [0.2, 0.25) is 0 Å². The van der Waals surface area contributed by atoms with Gasteiger partial charge in [-0.3, -0.25) is 13.8 Å². The summed E-state index contributed by atoms with van der Waals surface area (Å²) in [7, 11) is 1.66. The third kappa shape index (κ3) is 40.0. The van der Waals surface area contributed by atoms with Gasteiger partial charge in [-0.1, -0.05) is 154 Å². The van der Waals surface area contributed by atoms with Crippen LogP contribution in [0.1, 0.15) is 181 Å². The van der Waals surface area contributed by atoms with Gasteiger partial charge in [0.25, 0.3) is 0 Å². The topological polar surface area (TPSA) is 91.3 Å². The van der Waals surface area contributed by atoms with Gasteiger partial charge in [-0.15, -0.1) is 0 Å². The molecule has 9 heteroatoms. The number of phosphoric acid groups is 1. The normalized spacial score (nSPS) is 14.1. The molecule has 51 heavy (non-hydrogen) atoms. The fraction of sp³-hybridized carbons (Fsp3) is 0.881. The number of likely N-dealkylation sites (N-methyl/N-ethyl adjacent to an activating group) is 1. The van der Waals surface area contributed by atoms with Crippen LogP contribution in [-0.2, 0) is 27.9 Å². The van der Waals surface area contributed by atoms with Crippen LogP contribution in [-0.4, -0.2) is 75.6 Å². The molecule has 0 amide bonds. The Hall–Kier alpha value is -1.02. The van der Waals surface area contributed by atoms with E-state index in [1.165, 1.54) is 103 Å². The Balaban J connectivity index is 4.27. The first kappa shape index (κ1) is 50.0. The lowest BCUT2D eigenvalue weighted by atomic mass is 10.0. The second kappa shape index (κ2) is 36.0. The van der Waals surface area contributed by atoms with Crippen LogP contribution in [0.25, 0.3) is 0 Å². The van der Waals surface area contributed by atoms with E-state index in [9.17, 15) is 14.3 Å². The summed E-state index contributed by atoms with van der Waals surface area (Å²) < 4.78 is 34.9. The van der Waals surface area contributed by atoms with E-state index in [2.05, 4.69) is 38.2 Å². The van der Waals surface area contributed by atoms with Gasteiger partial charge in [0.05, 0.1) is 34.4 Å². The average Bonchev–Trinajstić information content (AvgIpc) is 3.08. The third-order valence-electron chi connectivity index (χ3n) is 9.02. The van der Waals surface area contributed by atoms with Gasteiger partial charge in [-0.2, -0.15) is 0 Å². The highest BCUT2D eigenvalue weighted by Crippen LogP contribution is 2.43. The molecule has 0 aliphatic carbocycles. The van der Waals surface area contributed by atoms with Gasteiger partial charge < -0.3 is 18.9 Å². The van der Waals surface area contributed by atoms with Crippen LogP contribution in [0, 0.1) is 0 Å². The maximum Gasteiger partial charge on any atom is 0.472 e. The second-order valence-corrected chi connectivity index (χ2v) is 16.8. The summed E-state index contributed by atoms with van der Waals surface area (Å²) in [5.41, 5.74) is 0. The SMILES string of the molecule is CCCCCC=CCC=CCCCCCCCC(=O)O[C@H](COCCCCCCCCCCCCCCCC)COP(=O)(O)OCC[N+](C)(C)C. The maximum absolute atomic E-state index is 12.7. The second-order valence-electron chi connectivity index (χ2n) is 15.4. The number of carbonyl (C=O) groups excluding carboxylic acids is 1. The van der Waals surface area contributed by atoms with Crippen LogP contribution >= 0.6 is 7.82 Å². The summed E-state index contributed by atoms with van der Waals surface area (Å²) in [6.45, 7) is 5.60. The van der Waals surface area contributed by atoms with E-state index in [4.69, 9.17) is 18.5 Å². The molecule has 0 fully saturated rings. The van der Waals surface area contributed by atoms with Crippen molar-refractivity contribution in [1.29, 1.82) is 0 Å². The van der Waals surface area contributed by atoms with Crippen molar-refractivity contribution in [3.05, 3.63) is 24.3 Å². The van der Waals surface area contributed by atoms with Gasteiger partial charge in [-0.05, 0) is 44.9 Å². The molecule has 0 radical (unpaired) electrons. The zero-order valence-electron chi connectivity index (χ0n) is 34.1. The summed E-state index contributed by atoms with van der Waals surface area (Å²) in [5.74, 6) is -0.326. The van der Waals surface area contributed by atoms with E-state index in [0.29, 0.717) is 24.1 Å².